The Bertz CT molecular complexity index is 584. The maximum absolute atomic E-state index is 11.8. The zero-order valence-corrected chi connectivity index (χ0v) is 12.7. The summed E-state index contributed by atoms with van der Waals surface area (Å²) in [6.45, 7) is 3.17. The second-order valence-corrected chi connectivity index (χ2v) is 5.01. The molecule has 2 N–H and O–H groups in total. The van der Waals surface area contributed by atoms with Gasteiger partial charge in [-0.3, -0.25) is 9.59 Å². The van der Waals surface area contributed by atoms with Gasteiger partial charge in [0, 0.05) is 16.7 Å². The van der Waals surface area contributed by atoms with Crippen LogP contribution in [0.25, 0.3) is 0 Å². The Morgan fingerprint density at radius 3 is 2.86 bits per heavy atom. The molecule has 7 nitrogen and oxygen atoms in total. The van der Waals surface area contributed by atoms with Crippen molar-refractivity contribution < 1.29 is 19.4 Å². The third-order valence-corrected chi connectivity index (χ3v) is 2.88. The van der Waals surface area contributed by atoms with Gasteiger partial charge in [-0.1, -0.05) is 6.08 Å². The first kappa shape index (κ1) is 17.1. The van der Waals surface area contributed by atoms with E-state index >= 15 is 0 Å². The molecule has 0 radical (unpaired) electrons. The van der Waals surface area contributed by atoms with E-state index in [1.807, 2.05) is 0 Å². The van der Waals surface area contributed by atoms with E-state index in [1.165, 1.54) is 22.9 Å². The highest BCUT2D eigenvalue weighted by Gasteiger charge is 2.20. The van der Waals surface area contributed by atoms with E-state index in [0.717, 1.165) is 0 Å². The lowest BCUT2D eigenvalue weighted by molar-refractivity contribution is -0.143. The summed E-state index contributed by atoms with van der Waals surface area (Å²) in [4.78, 5) is 34.4. The highest BCUT2D eigenvalue weighted by molar-refractivity contribution is 9.10. The van der Waals surface area contributed by atoms with Crippen molar-refractivity contribution in [1.29, 1.82) is 0 Å². The van der Waals surface area contributed by atoms with Crippen LogP contribution in [0.15, 0.2) is 40.3 Å². The van der Waals surface area contributed by atoms with Crippen molar-refractivity contribution in [3.8, 4) is 0 Å². The fourth-order valence-electron chi connectivity index (χ4n) is 1.46. The predicted octanol–water partition coefficient (Wildman–Crippen LogP) is 0.383. The number of pyridine rings is 1. The predicted molar refractivity (Wildman–Crippen MR) is 79.0 cm³/mol. The van der Waals surface area contributed by atoms with Crippen molar-refractivity contribution in [2.75, 3.05) is 13.2 Å². The molecular weight excluding hydrogens is 344 g/mol. The van der Waals surface area contributed by atoms with Crippen molar-refractivity contribution in [1.82, 2.24) is 9.88 Å². The van der Waals surface area contributed by atoms with E-state index in [0.29, 0.717) is 4.47 Å². The van der Waals surface area contributed by atoms with Crippen molar-refractivity contribution in [3.05, 3.63) is 45.8 Å². The van der Waals surface area contributed by atoms with Gasteiger partial charge in [-0.2, -0.15) is 0 Å². The average Bonchev–Trinajstić information content (AvgIpc) is 2.42. The van der Waals surface area contributed by atoms with Crippen LogP contribution in [-0.2, 0) is 20.9 Å². The minimum Gasteiger partial charge on any atom is -0.480 e. The van der Waals surface area contributed by atoms with E-state index in [1.54, 1.807) is 6.07 Å². The Morgan fingerprint density at radius 2 is 2.24 bits per heavy atom. The number of aliphatic carboxylic acids is 1. The standard InChI is InChI=1S/C13H15BrN2O5/c1-2-5-21-8-10(13(19)20)15-11(17)7-16-6-9(14)3-4-12(16)18/h2-4,6,10H,1,5,7-8H2,(H,15,17)(H,19,20). The summed E-state index contributed by atoms with van der Waals surface area (Å²) in [5.74, 6) is -1.81. The summed E-state index contributed by atoms with van der Waals surface area (Å²) >= 11 is 3.19. The second-order valence-electron chi connectivity index (χ2n) is 4.10. The number of hydrogen-bond donors (Lipinski definition) is 2. The Kier molecular flexibility index (Phi) is 6.83. The molecule has 0 spiro atoms. The van der Waals surface area contributed by atoms with Crippen LogP contribution in [-0.4, -0.2) is 40.8 Å². The Labute approximate surface area is 129 Å². The number of aromatic nitrogens is 1. The molecule has 1 unspecified atom stereocenters. The highest BCUT2D eigenvalue weighted by atomic mass is 79.9. The Hall–Kier alpha value is -1.93. The lowest BCUT2D eigenvalue weighted by Crippen LogP contribution is -2.46. The third-order valence-electron chi connectivity index (χ3n) is 2.41. The fourth-order valence-corrected chi connectivity index (χ4v) is 1.84. The maximum Gasteiger partial charge on any atom is 0.328 e. The van der Waals surface area contributed by atoms with E-state index in [2.05, 4.69) is 27.8 Å². The normalized spacial score (nSPS) is 11.7. The average molecular weight is 359 g/mol. The molecule has 0 saturated heterocycles. The topological polar surface area (TPSA) is 97.6 Å². The first-order valence-corrected chi connectivity index (χ1v) is 6.80. The zero-order chi connectivity index (χ0) is 15.8. The minimum atomic E-state index is -1.21. The summed E-state index contributed by atoms with van der Waals surface area (Å²) in [6, 6.07) is 1.68. The molecule has 0 bridgehead atoms. The number of carboxylic acids is 1. The number of carbonyl (C=O) groups is 2. The molecule has 0 aliphatic rings. The molecule has 0 aliphatic heterocycles. The molecule has 1 aromatic rings. The van der Waals surface area contributed by atoms with Crippen LogP contribution in [0.1, 0.15) is 0 Å². The van der Waals surface area contributed by atoms with Gasteiger partial charge < -0.3 is 19.7 Å². The van der Waals surface area contributed by atoms with E-state index < -0.39 is 17.9 Å². The summed E-state index contributed by atoms with van der Waals surface area (Å²) in [7, 11) is 0. The van der Waals surface area contributed by atoms with Crippen molar-refractivity contribution in [2.45, 2.75) is 12.6 Å². The molecule has 1 heterocycles. The molecule has 1 aromatic heterocycles. The van der Waals surface area contributed by atoms with Crippen molar-refractivity contribution in [2.24, 2.45) is 0 Å². The molecule has 1 atom stereocenters. The lowest BCUT2D eigenvalue weighted by Gasteiger charge is -2.15. The van der Waals surface area contributed by atoms with Crippen LogP contribution in [0.5, 0.6) is 0 Å². The first-order valence-electron chi connectivity index (χ1n) is 6.01. The van der Waals surface area contributed by atoms with Crippen LogP contribution < -0.4 is 10.9 Å². The zero-order valence-electron chi connectivity index (χ0n) is 11.1. The van der Waals surface area contributed by atoms with E-state index in [-0.39, 0.29) is 25.3 Å². The molecule has 0 fully saturated rings. The third kappa shape index (κ3) is 5.92. The molecule has 114 valence electrons. The lowest BCUT2D eigenvalue weighted by atomic mass is 10.3. The Balaban J connectivity index is 2.65. The van der Waals surface area contributed by atoms with E-state index in [9.17, 15) is 14.4 Å². The van der Waals surface area contributed by atoms with Gasteiger partial charge >= 0.3 is 5.97 Å². The summed E-state index contributed by atoms with van der Waals surface area (Å²) in [5.41, 5.74) is -0.358. The SMILES string of the molecule is C=CCOCC(NC(=O)Cn1cc(Br)ccc1=O)C(=O)O. The summed E-state index contributed by atoms with van der Waals surface area (Å²) < 4.78 is 6.82. The van der Waals surface area contributed by atoms with Gasteiger partial charge in [0.25, 0.3) is 5.56 Å². The number of amides is 1. The van der Waals surface area contributed by atoms with Crippen LogP contribution in [0.4, 0.5) is 0 Å². The number of nitrogens with one attached hydrogen (secondary N) is 1. The number of carbonyl (C=O) groups excluding carboxylic acids is 1. The summed E-state index contributed by atoms with van der Waals surface area (Å²) in [5, 5.41) is 11.3. The van der Waals surface area contributed by atoms with Crippen molar-refractivity contribution in [3.63, 3.8) is 0 Å². The van der Waals surface area contributed by atoms with Gasteiger partial charge in [0.2, 0.25) is 5.91 Å². The highest BCUT2D eigenvalue weighted by Crippen LogP contribution is 2.04. The van der Waals surface area contributed by atoms with Gasteiger partial charge in [0.1, 0.15) is 6.54 Å². The van der Waals surface area contributed by atoms with Gasteiger partial charge in [-0.25, -0.2) is 4.79 Å². The number of halogens is 1. The molecular formula is C13H15BrN2O5. The minimum absolute atomic E-state index is 0.180. The first-order chi connectivity index (χ1) is 9.93. The van der Waals surface area contributed by atoms with Gasteiger partial charge in [-0.15, -0.1) is 6.58 Å². The second kappa shape index (κ2) is 8.38. The monoisotopic (exact) mass is 358 g/mol. The maximum atomic E-state index is 11.8. The largest absolute Gasteiger partial charge is 0.480 e. The van der Waals surface area contributed by atoms with Gasteiger partial charge in [-0.05, 0) is 22.0 Å². The summed E-state index contributed by atoms with van der Waals surface area (Å²) in [6.07, 6.45) is 2.92. The Morgan fingerprint density at radius 1 is 1.52 bits per heavy atom. The van der Waals surface area contributed by atoms with Crippen LogP contribution >= 0.6 is 15.9 Å². The number of rotatable bonds is 8. The van der Waals surface area contributed by atoms with Crippen LogP contribution in [0, 0.1) is 0 Å². The number of carboxylic acid groups (broad SMARTS) is 1. The smallest absolute Gasteiger partial charge is 0.328 e. The quantitative estimate of drug-likeness (QED) is 0.517. The molecule has 0 aliphatic carbocycles. The molecule has 1 amide bonds. The molecule has 1 rings (SSSR count). The molecule has 0 saturated carbocycles. The fraction of sp³-hybridized carbons (Fsp3) is 0.308. The molecule has 0 aromatic carbocycles. The van der Waals surface area contributed by atoms with Gasteiger partial charge in [0.05, 0.1) is 13.2 Å². The molecule has 8 heteroatoms. The van der Waals surface area contributed by atoms with Crippen molar-refractivity contribution >= 4 is 27.8 Å². The number of ether oxygens (including phenoxy) is 1. The van der Waals surface area contributed by atoms with Crippen LogP contribution in [0.2, 0.25) is 0 Å². The number of nitrogens with zero attached hydrogens (tertiary/aromatic N) is 1. The van der Waals surface area contributed by atoms with Crippen LogP contribution in [0.3, 0.4) is 0 Å². The van der Waals surface area contributed by atoms with E-state index in [4.69, 9.17) is 9.84 Å². The number of hydrogen-bond acceptors (Lipinski definition) is 4. The van der Waals surface area contributed by atoms with Gasteiger partial charge in [0.15, 0.2) is 6.04 Å². The molecule has 21 heavy (non-hydrogen) atoms.